The zero-order chi connectivity index (χ0) is 11.9. The lowest BCUT2D eigenvalue weighted by atomic mass is 10.2. The maximum atomic E-state index is 13.3. The molecule has 0 aliphatic rings. The van der Waals surface area contributed by atoms with E-state index in [1.54, 1.807) is 0 Å². The molecule has 0 unspecified atom stereocenters. The van der Waals surface area contributed by atoms with E-state index in [9.17, 15) is 18.4 Å². The third kappa shape index (κ3) is 1.37. The van der Waals surface area contributed by atoms with E-state index < -0.39 is 28.6 Å². The average molecular weight is 228 g/mol. The summed E-state index contributed by atoms with van der Waals surface area (Å²) in [4.78, 5) is 26.3. The first-order valence-electron chi connectivity index (χ1n) is 4.23. The van der Waals surface area contributed by atoms with E-state index in [4.69, 9.17) is 0 Å². The lowest BCUT2D eigenvalue weighted by Crippen LogP contribution is -2.23. The Balaban J connectivity index is 3.12. The van der Waals surface area contributed by atoms with Crippen LogP contribution >= 0.6 is 0 Å². The molecule has 84 valence electrons. The molecule has 0 saturated heterocycles. The monoisotopic (exact) mass is 228 g/mol. The van der Waals surface area contributed by atoms with E-state index in [2.05, 4.69) is 9.72 Å². The van der Waals surface area contributed by atoms with Gasteiger partial charge in [-0.05, 0) is 0 Å². The van der Waals surface area contributed by atoms with Crippen LogP contribution in [0.5, 0.6) is 5.75 Å². The van der Waals surface area contributed by atoms with Crippen LogP contribution in [-0.4, -0.2) is 17.1 Å². The topological polar surface area (TPSA) is 75.0 Å². The van der Waals surface area contributed by atoms with Gasteiger partial charge in [0.1, 0.15) is 5.39 Å². The summed E-state index contributed by atoms with van der Waals surface area (Å²) >= 11 is 0. The molecule has 2 aromatic rings. The van der Waals surface area contributed by atoms with Crippen molar-refractivity contribution in [1.82, 2.24) is 9.97 Å². The first kappa shape index (κ1) is 10.3. The highest BCUT2D eigenvalue weighted by Gasteiger charge is 2.16. The number of aromatic amines is 2. The second-order valence-corrected chi connectivity index (χ2v) is 3.03. The zero-order valence-corrected chi connectivity index (χ0v) is 8.06. The highest BCUT2D eigenvalue weighted by molar-refractivity contribution is 5.84. The van der Waals surface area contributed by atoms with Crippen molar-refractivity contribution in [3.05, 3.63) is 38.5 Å². The number of hydrogen-bond donors (Lipinski definition) is 2. The predicted octanol–water partition coefficient (Wildman–Crippen LogP) is 0.503. The number of H-pyrrole nitrogens is 2. The third-order valence-electron chi connectivity index (χ3n) is 2.08. The Bertz CT molecular complexity index is 675. The second-order valence-electron chi connectivity index (χ2n) is 3.03. The molecule has 0 bridgehead atoms. The largest absolute Gasteiger partial charge is 0.493 e. The highest BCUT2D eigenvalue weighted by Crippen LogP contribution is 2.26. The van der Waals surface area contributed by atoms with Crippen LogP contribution in [0.1, 0.15) is 0 Å². The molecule has 0 amide bonds. The smallest absolute Gasteiger partial charge is 0.326 e. The number of halogens is 2. The maximum absolute atomic E-state index is 13.3. The Labute approximate surface area is 86.7 Å². The van der Waals surface area contributed by atoms with Crippen LogP contribution in [0, 0.1) is 11.6 Å². The Morgan fingerprint density at radius 1 is 1.19 bits per heavy atom. The SMILES string of the molecule is COc1c(F)cc(F)c2[nH]c(=O)[nH]c(=O)c12. The Morgan fingerprint density at radius 3 is 2.50 bits per heavy atom. The van der Waals surface area contributed by atoms with Gasteiger partial charge in [0.25, 0.3) is 5.56 Å². The molecule has 2 N–H and O–H groups in total. The first-order chi connectivity index (χ1) is 7.54. The number of nitrogens with one attached hydrogen (secondary N) is 2. The summed E-state index contributed by atoms with van der Waals surface area (Å²) in [6.45, 7) is 0. The van der Waals surface area contributed by atoms with Crippen molar-refractivity contribution in [2.45, 2.75) is 0 Å². The molecule has 16 heavy (non-hydrogen) atoms. The van der Waals surface area contributed by atoms with Gasteiger partial charge in [0, 0.05) is 6.07 Å². The van der Waals surface area contributed by atoms with Crippen LogP contribution in [0.4, 0.5) is 8.78 Å². The van der Waals surface area contributed by atoms with Crippen LogP contribution in [0.25, 0.3) is 10.9 Å². The summed E-state index contributed by atoms with van der Waals surface area (Å²) in [7, 11) is 1.14. The van der Waals surface area contributed by atoms with Crippen molar-refractivity contribution in [3.63, 3.8) is 0 Å². The molecule has 1 heterocycles. The van der Waals surface area contributed by atoms with Gasteiger partial charge in [-0.3, -0.25) is 9.78 Å². The highest BCUT2D eigenvalue weighted by atomic mass is 19.1. The minimum atomic E-state index is -1.03. The van der Waals surface area contributed by atoms with E-state index in [1.165, 1.54) is 0 Å². The number of aromatic nitrogens is 2. The minimum Gasteiger partial charge on any atom is -0.493 e. The van der Waals surface area contributed by atoms with Crippen molar-refractivity contribution >= 4 is 10.9 Å². The Kier molecular flexibility index (Phi) is 2.22. The van der Waals surface area contributed by atoms with Gasteiger partial charge in [-0.2, -0.15) is 0 Å². The molecule has 0 fully saturated rings. The molecular weight excluding hydrogens is 222 g/mol. The number of fused-ring (bicyclic) bond motifs is 1. The van der Waals surface area contributed by atoms with Gasteiger partial charge in [-0.25, -0.2) is 13.6 Å². The van der Waals surface area contributed by atoms with Crippen LogP contribution in [0.15, 0.2) is 15.7 Å². The summed E-state index contributed by atoms with van der Waals surface area (Å²) in [5.41, 5.74) is -2.16. The molecule has 2 rings (SSSR count). The van der Waals surface area contributed by atoms with Crippen LogP contribution in [-0.2, 0) is 0 Å². The van der Waals surface area contributed by atoms with Crippen molar-refractivity contribution in [2.75, 3.05) is 7.11 Å². The number of hydrogen-bond acceptors (Lipinski definition) is 3. The Morgan fingerprint density at radius 2 is 1.88 bits per heavy atom. The van der Waals surface area contributed by atoms with Crippen molar-refractivity contribution < 1.29 is 13.5 Å². The van der Waals surface area contributed by atoms with Gasteiger partial charge >= 0.3 is 5.69 Å². The van der Waals surface area contributed by atoms with E-state index >= 15 is 0 Å². The molecule has 5 nitrogen and oxygen atoms in total. The van der Waals surface area contributed by atoms with E-state index in [0.29, 0.717) is 6.07 Å². The standard InChI is InChI=1S/C9H6F2N2O3/c1-16-7-4(11)2-3(10)6-5(7)8(14)13-9(15)12-6/h2H,1H3,(H2,12,13,14,15). The van der Waals surface area contributed by atoms with E-state index in [0.717, 1.165) is 7.11 Å². The lowest BCUT2D eigenvalue weighted by molar-refractivity contribution is 0.389. The minimum absolute atomic E-state index is 0.361. The number of methoxy groups -OCH3 is 1. The summed E-state index contributed by atoms with van der Waals surface area (Å²) < 4.78 is 31.2. The van der Waals surface area contributed by atoms with Gasteiger partial charge in [-0.15, -0.1) is 0 Å². The number of ether oxygens (including phenoxy) is 1. The predicted molar refractivity (Wildman–Crippen MR) is 51.7 cm³/mol. The maximum Gasteiger partial charge on any atom is 0.326 e. The number of benzene rings is 1. The summed E-state index contributed by atoms with van der Waals surface area (Å²) in [6, 6.07) is 0.538. The van der Waals surface area contributed by atoms with Crippen LogP contribution in [0.3, 0.4) is 0 Å². The molecule has 0 aliphatic carbocycles. The normalized spacial score (nSPS) is 10.7. The van der Waals surface area contributed by atoms with Gasteiger partial charge < -0.3 is 9.72 Å². The van der Waals surface area contributed by atoms with Crippen LogP contribution < -0.4 is 16.0 Å². The second kappa shape index (κ2) is 3.44. The van der Waals surface area contributed by atoms with Crippen molar-refractivity contribution in [1.29, 1.82) is 0 Å². The van der Waals surface area contributed by atoms with Crippen LogP contribution in [0.2, 0.25) is 0 Å². The van der Waals surface area contributed by atoms with Crippen molar-refractivity contribution in [2.24, 2.45) is 0 Å². The molecule has 0 saturated carbocycles. The molecular formula is C9H6F2N2O3. The molecule has 0 radical (unpaired) electrons. The van der Waals surface area contributed by atoms with E-state index in [1.807, 2.05) is 4.98 Å². The quantitative estimate of drug-likeness (QED) is 0.746. The number of rotatable bonds is 1. The zero-order valence-electron chi connectivity index (χ0n) is 8.06. The van der Waals surface area contributed by atoms with Gasteiger partial charge in [0.2, 0.25) is 0 Å². The molecule has 1 aromatic carbocycles. The summed E-state index contributed by atoms with van der Waals surface area (Å²) in [5, 5.41) is -0.361. The fourth-order valence-corrected chi connectivity index (χ4v) is 1.45. The summed E-state index contributed by atoms with van der Waals surface area (Å²) in [6.07, 6.45) is 0. The van der Waals surface area contributed by atoms with Gasteiger partial charge in [-0.1, -0.05) is 0 Å². The Hall–Kier alpha value is -2.18. The van der Waals surface area contributed by atoms with E-state index in [-0.39, 0.29) is 10.9 Å². The first-order valence-corrected chi connectivity index (χ1v) is 4.23. The third-order valence-corrected chi connectivity index (χ3v) is 2.08. The molecule has 7 heteroatoms. The molecule has 0 aliphatic heterocycles. The lowest BCUT2D eigenvalue weighted by Gasteiger charge is -2.05. The fraction of sp³-hybridized carbons (Fsp3) is 0.111. The fourth-order valence-electron chi connectivity index (χ4n) is 1.45. The molecule has 0 spiro atoms. The average Bonchev–Trinajstić information content (AvgIpc) is 2.20. The van der Waals surface area contributed by atoms with Gasteiger partial charge in [0.15, 0.2) is 17.4 Å². The summed E-state index contributed by atoms with van der Waals surface area (Å²) in [5.74, 6) is -2.45. The van der Waals surface area contributed by atoms with Gasteiger partial charge in [0.05, 0.1) is 12.6 Å². The molecule has 0 atom stereocenters. The molecule has 1 aromatic heterocycles. The van der Waals surface area contributed by atoms with Crippen molar-refractivity contribution in [3.8, 4) is 5.75 Å².